The van der Waals surface area contributed by atoms with Crippen molar-refractivity contribution in [1.29, 1.82) is 0 Å². The van der Waals surface area contributed by atoms with Crippen LogP contribution in [0.2, 0.25) is 0 Å². The van der Waals surface area contributed by atoms with Crippen LogP contribution in [0, 0.1) is 13.8 Å². The third-order valence-corrected chi connectivity index (χ3v) is 2.03. The maximum atomic E-state index is 5.58. The highest BCUT2D eigenvalue weighted by molar-refractivity contribution is 5.41. The summed E-state index contributed by atoms with van der Waals surface area (Å²) >= 11 is 0. The Kier molecular flexibility index (Phi) is 2.23. The molecule has 0 spiro atoms. The van der Waals surface area contributed by atoms with Gasteiger partial charge in [-0.1, -0.05) is 18.2 Å². The highest BCUT2D eigenvalue weighted by atomic mass is 16.5. The molecule has 0 aliphatic heterocycles. The van der Waals surface area contributed by atoms with Gasteiger partial charge in [0.05, 0.1) is 0 Å². The van der Waals surface area contributed by atoms with Crippen molar-refractivity contribution in [2.45, 2.75) is 13.8 Å². The van der Waals surface area contributed by atoms with Crippen LogP contribution in [-0.4, -0.2) is 4.98 Å². The molecule has 0 radical (unpaired) electrons. The molecule has 0 amide bonds. The minimum atomic E-state index is 0.488. The Bertz CT molecular complexity index is 401. The predicted molar refractivity (Wildman–Crippen MR) is 52.5 cm³/mol. The maximum absolute atomic E-state index is 5.58. The molecule has 0 atom stereocenters. The Morgan fingerprint density at radius 2 is 1.93 bits per heavy atom. The van der Waals surface area contributed by atoms with Crippen LogP contribution in [0.5, 0.6) is 11.6 Å². The topological polar surface area (TPSA) is 35.3 Å². The Balaban J connectivity index is 2.33. The molecule has 0 bridgehead atoms. The summed E-state index contributed by atoms with van der Waals surface area (Å²) in [6, 6.07) is 6.01. The molecule has 0 fully saturated rings. The van der Waals surface area contributed by atoms with Crippen molar-refractivity contribution in [1.82, 2.24) is 4.98 Å². The van der Waals surface area contributed by atoms with Gasteiger partial charge in [-0.3, -0.25) is 0 Å². The zero-order valence-electron chi connectivity index (χ0n) is 8.15. The van der Waals surface area contributed by atoms with Crippen molar-refractivity contribution in [2.75, 3.05) is 0 Å². The lowest BCUT2D eigenvalue weighted by molar-refractivity contribution is 0.451. The average molecular weight is 189 g/mol. The zero-order valence-corrected chi connectivity index (χ0v) is 8.15. The highest BCUT2D eigenvalue weighted by Gasteiger charge is 2.05. The zero-order chi connectivity index (χ0) is 9.97. The maximum Gasteiger partial charge on any atom is 0.258 e. The number of rotatable bonds is 2. The second-order valence-corrected chi connectivity index (χ2v) is 3.15. The standard InChI is InChI=1S/C11H11NO2/c1-8-4-3-5-9(2)11(8)14-10-6-13-7-12-10/h3-7H,1-2H3. The molecule has 1 aromatic heterocycles. The minimum absolute atomic E-state index is 0.488. The van der Waals surface area contributed by atoms with Crippen LogP contribution in [0.3, 0.4) is 0 Å². The quantitative estimate of drug-likeness (QED) is 0.728. The second kappa shape index (κ2) is 3.54. The Labute approximate surface area is 82.3 Å². The molecule has 0 aliphatic carbocycles. The third kappa shape index (κ3) is 1.62. The first-order valence-corrected chi connectivity index (χ1v) is 4.39. The summed E-state index contributed by atoms with van der Waals surface area (Å²) in [6.45, 7) is 4.00. The highest BCUT2D eigenvalue weighted by Crippen LogP contribution is 2.27. The van der Waals surface area contributed by atoms with Gasteiger partial charge in [0, 0.05) is 0 Å². The fraction of sp³-hybridized carbons (Fsp3) is 0.182. The van der Waals surface area contributed by atoms with Crippen LogP contribution in [0.1, 0.15) is 11.1 Å². The first kappa shape index (κ1) is 8.81. The van der Waals surface area contributed by atoms with E-state index in [1.165, 1.54) is 12.7 Å². The van der Waals surface area contributed by atoms with E-state index in [9.17, 15) is 0 Å². The Hall–Kier alpha value is -1.77. The van der Waals surface area contributed by atoms with E-state index in [-0.39, 0.29) is 0 Å². The lowest BCUT2D eigenvalue weighted by Gasteiger charge is -2.08. The molecular formula is C11H11NO2. The van der Waals surface area contributed by atoms with E-state index < -0.39 is 0 Å². The van der Waals surface area contributed by atoms with Gasteiger partial charge in [0.25, 0.3) is 5.88 Å². The first-order chi connectivity index (χ1) is 6.77. The molecule has 0 unspecified atom stereocenters. The van der Waals surface area contributed by atoms with Gasteiger partial charge in [-0.25, -0.2) is 0 Å². The van der Waals surface area contributed by atoms with Crippen LogP contribution in [0.25, 0.3) is 0 Å². The Morgan fingerprint density at radius 3 is 2.50 bits per heavy atom. The number of para-hydroxylation sites is 1. The van der Waals surface area contributed by atoms with Gasteiger partial charge in [0.2, 0.25) is 0 Å². The number of nitrogens with zero attached hydrogens (tertiary/aromatic N) is 1. The van der Waals surface area contributed by atoms with E-state index in [0.29, 0.717) is 5.88 Å². The largest absolute Gasteiger partial charge is 0.448 e. The van der Waals surface area contributed by atoms with Gasteiger partial charge < -0.3 is 9.15 Å². The van der Waals surface area contributed by atoms with Crippen LogP contribution in [-0.2, 0) is 0 Å². The molecule has 0 N–H and O–H groups in total. The van der Waals surface area contributed by atoms with Crippen molar-refractivity contribution in [2.24, 2.45) is 0 Å². The van der Waals surface area contributed by atoms with Gasteiger partial charge in [-0.15, -0.1) is 0 Å². The van der Waals surface area contributed by atoms with E-state index in [1.807, 2.05) is 32.0 Å². The van der Waals surface area contributed by atoms with Crippen LogP contribution >= 0.6 is 0 Å². The van der Waals surface area contributed by atoms with E-state index in [0.717, 1.165) is 16.9 Å². The number of ether oxygens (including phenoxy) is 1. The summed E-state index contributed by atoms with van der Waals surface area (Å²) in [7, 11) is 0. The van der Waals surface area contributed by atoms with Gasteiger partial charge in [0.15, 0.2) is 12.7 Å². The Morgan fingerprint density at radius 1 is 1.21 bits per heavy atom. The predicted octanol–water partition coefficient (Wildman–Crippen LogP) is 3.08. The van der Waals surface area contributed by atoms with Crippen molar-refractivity contribution in [3.05, 3.63) is 42.0 Å². The second-order valence-electron chi connectivity index (χ2n) is 3.15. The molecule has 1 aromatic carbocycles. The SMILES string of the molecule is Cc1cccc(C)c1Oc1cocn1. The number of hydrogen-bond donors (Lipinski definition) is 0. The molecule has 1 heterocycles. The number of oxazole rings is 1. The third-order valence-electron chi connectivity index (χ3n) is 2.03. The van der Waals surface area contributed by atoms with E-state index in [4.69, 9.17) is 9.15 Å². The molecule has 72 valence electrons. The summed E-state index contributed by atoms with van der Waals surface area (Å²) in [5.41, 5.74) is 2.18. The fourth-order valence-corrected chi connectivity index (χ4v) is 1.32. The van der Waals surface area contributed by atoms with Gasteiger partial charge in [0.1, 0.15) is 5.75 Å². The lowest BCUT2D eigenvalue weighted by atomic mass is 10.1. The summed E-state index contributed by atoms with van der Waals surface area (Å²) in [5.74, 6) is 1.34. The summed E-state index contributed by atoms with van der Waals surface area (Å²) in [6.07, 6.45) is 2.83. The van der Waals surface area contributed by atoms with Crippen molar-refractivity contribution >= 4 is 0 Å². The molecule has 2 rings (SSSR count). The molecule has 3 heteroatoms. The number of hydrogen-bond acceptors (Lipinski definition) is 3. The number of benzene rings is 1. The van der Waals surface area contributed by atoms with Crippen molar-refractivity contribution in [3.63, 3.8) is 0 Å². The van der Waals surface area contributed by atoms with Crippen molar-refractivity contribution < 1.29 is 9.15 Å². The fourth-order valence-electron chi connectivity index (χ4n) is 1.32. The normalized spacial score (nSPS) is 10.1. The number of aromatic nitrogens is 1. The van der Waals surface area contributed by atoms with E-state index >= 15 is 0 Å². The van der Waals surface area contributed by atoms with Crippen LogP contribution in [0.15, 0.2) is 35.3 Å². The minimum Gasteiger partial charge on any atom is -0.448 e. The summed E-state index contributed by atoms with van der Waals surface area (Å²) in [4.78, 5) is 3.90. The molecular weight excluding hydrogens is 178 g/mol. The van der Waals surface area contributed by atoms with Crippen molar-refractivity contribution in [3.8, 4) is 11.6 Å². The van der Waals surface area contributed by atoms with E-state index in [2.05, 4.69) is 4.98 Å². The summed E-state index contributed by atoms with van der Waals surface area (Å²) < 4.78 is 10.4. The van der Waals surface area contributed by atoms with Crippen LogP contribution in [0.4, 0.5) is 0 Å². The lowest BCUT2D eigenvalue weighted by Crippen LogP contribution is -1.90. The van der Waals surface area contributed by atoms with Gasteiger partial charge in [-0.2, -0.15) is 4.98 Å². The smallest absolute Gasteiger partial charge is 0.258 e. The molecule has 0 saturated heterocycles. The van der Waals surface area contributed by atoms with Gasteiger partial charge >= 0.3 is 0 Å². The van der Waals surface area contributed by atoms with E-state index in [1.54, 1.807) is 0 Å². The van der Waals surface area contributed by atoms with Gasteiger partial charge in [-0.05, 0) is 25.0 Å². The summed E-state index contributed by atoms with van der Waals surface area (Å²) in [5, 5.41) is 0. The molecule has 14 heavy (non-hydrogen) atoms. The molecule has 0 saturated carbocycles. The van der Waals surface area contributed by atoms with Crippen LogP contribution < -0.4 is 4.74 Å². The first-order valence-electron chi connectivity index (χ1n) is 4.39. The monoisotopic (exact) mass is 189 g/mol. The average Bonchev–Trinajstić information content (AvgIpc) is 2.64. The molecule has 3 nitrogen and oxygen atoms in total. The molecule has 0 aliphatic rings. The number of aryl methyl sites for hydroxylation is 2. The molecule has 2 aromatic rings.